The summed E-state index contributed by atoms with van der Waals surface area (Å²) in [5, 5.41) is 0. The van der Waals surface area contributed by atoms with Gasteiger partial charge in [0.05, 0.1) is 18.3 Å². The molecule has 4 heteroatoms. The monoisotopic (exact) mass is 338 g/mol. The molecule has 0 saturated heterocycles. The Morgan fingerprint density at radius 3 is 2.48 bits per heavy atom. The van der Waals surface area contributed by atoms with Crippen molar-refractivity contribution in [1.82, 2.24) is 0 Å². The minimum atomic E-state index is -0.267. The number of hydrogen-bond acceptors (Lipinski definition) is 3. The fourth-order valence-corrected chi connectivity index (χ4v) is 3.14. The first-order valence-electron chi connectivity index (χ1n) is 8.27. The molecule has 3 rings (SSSR count). The number of methoxy groups -OCH3 is 1. The molecule has 0 unspecified atom stereocenters. The van der Waals surface area contributed by atoms with Gasteiger partial charge in [-0.15, -0.1) is 0 Å². The first-order chi connectivity index (χ1) is 11.8. The molecular weight excluding hydrogens is 315 g/mol. The van der Waals surface area contributed by atoms with Gasteiger partial charge in [-0.3, -0.25) is 4.99 Å². The molecule has 0 spiro atoms. The maximum absolute atomic E-state index is 13.0. The highest BCUT2D eigenvalue weighted by atomic mass is 19.1. The van der Waals surface area contributed by atoms with Crippen LogP contribution in [-0.4, -0.2) is 25.9 Å². The summed E-state index contributed by atoms with van der Waals surface area (Å²) in [5.41, 5.74) is 5.09. The van der Waals surface area contributed by atoms with Gasteiger partial charge in [0, 0.05) is 36.1 Å². The molecule has 1 heterocycles. The number of ether oxygens (including phenoxy) is 1. The predicted octanol–water partition coefficient (Wildman–Crippen LogP) is 5.22. The number of halogens is 1. The average molecular weight is 338 g/mol. The van der Waals surface area contributed by atoms with Crippen molar-refractivity contribution in [3.63, 3.8) is 0 Å². The first kappa shape index (κ1) is 17.2. The number of fused-ring (bicyclic) bond motifs is 1. The normalized spacial score (nSPS) is 15.9. The molecule has 0 saturated carbocycles. The molecule has 0 fully saturated rings. The van der Waals surface area contributed by atoms with E-state index >= 15 is 0 Å². The summed E-state index contributed by atoms with van der Waals surface area (Å²) in [5.74, 6) is 0.499. The Morgan fingerprint density at radius 2 is 1.84 bits per heavy atom. The average Bonchev–Trinajstić information content (AvgIpc) is 2.58. The Hall–Kier alpha value is -2.62. The summed E-state index contributed by atoms with van der Waals surface area (Å²) in [7, 11) is 3.75. The van der Waals surface area contributed by atoms with Crippen LogP contribution in [0.15, 0.2) is 47.5 Å². The van der Waals surface area contributed by atoms with Crippen LogP contribution >= 0.6 is 0 Å². The smallest absolute Gasteiger partial charge is 0.129 e. The number of likely N-dealkylation sites (N-methyl/N-ethyl adjacent to an activating group) is 1. The zero-order chi connectivity index (χ0) is 18.2. The summed E-state index contributed by atoms with van der Waals surface area (Å²) in [6.07, 6.45) is 4.03. The Balaban J connectivity index is 2.04. The molecule has 2 aromatic carbocycles. The van der Waals surface area contributed by atoms with E-state index in [9.17, 15) is 4.39 Å². The Bertz CT molecular complexity index is 851. The molecule has 2 aromatic rings. The third kappa shape index (κ3) is 3.29. The molecule has 1 aliphatic rings. The van der Waals surface area contributed by atoms with Gasteiger partial charge in [0.1, 0.15) is 11.6 Å². The minimum absolute atomic E-state index is 0.0498. The lowest BCUT2D eigenvalue weighted by Gasteiger charge is -2.40. The topological polar surface area (TPSA) is 24.8 Å². The van der Waals surface area contributed by atoms with E-state index in [-0.39, 0.29) is 11.4 Å². The second kappa shape index (κ2) is 6.36. The molecule has 0 amide bonds. The standard InChI is InChI=1S/C21H23FN2O/c1-14-12-21(2,3)24(4)19-11-20(25-5)15(10-18(14)19)13-23-17-8-6-16(22)7-9-17/h6-13H,1-5H3. The second-order valence-electron chi connectivity index (χ2n) is 6.89. The lowest BCUT2D eigenvalue weighted by molar-refractivity contribution is 0.414. The van der Waals surface area contributed by atoms with Crippen molar-refractivity contribution in [3.05, 3.63) is 59.4 Å². The molecule has 0 aliphatic carbocycles. The molecule has 0 radical (unpaired) electrons. The minimum Gasteiger partial charge on any atom is -0.496 e. The van der Waals surface area contributed by atoms with Gasteiger partial charge < -0.3 is 9.64 Å². The highest BCUT2D eigenvalue weighted by molar-refractivity contribution is 5.91. The third-order valence-electron chi connectivity index (χ3n) is 4.75. The Labute approximate surface area is 148 Å². The van der Waals surface area contributed by atoms with E-state index in [1.54, 1.807) is 25.5 Å². The molecule has 0 N–H and O–H groups in total. The molecule has 0 bridgehead atoms. The summed E-state index contributed by atoms with van der Waals surface area (Å²) < 4.78 is 18.6. The van der Waals surface area contributed by atoms with E-state index in [0.29, 0.717) is 5.69 Å². The fourth-order valence-electron chi connectivity index (χ4n) is 3.14. The Kier molecular flexibility index (Phi) is 4.38. The lowest BCUT2D eigenvalue weighted by Crippen LogP contribution is -2.42. The van der Waals surface area contributed by atoms with Crippen molar-refractivity contribution in [2.45, 2.75) is 26.3 Å². The van der Waals surface area contributed by atoms with Gasteiger partial charge in [-0.2, -0.15) is 0 Å². The highest BCUT2D eigenvalue weighted by Gasteiger charge is 2.29. The number of rotatable bonds is 3. The molecule has 0 aromatic heterocycles. The van der Waals surface area contributed by atoms with E-state index < -0.39 is 0 Å². The van der Waals surface area contributed by atoms with Gasteiger partial charge >= 0.3 is 0 Å². The first-order valence-corrected chi connectivity index (χ1v) is 8.27. The van der Waals surface area contributed by atoms with Crippen LogP contribution in [0, 0.1) is 5.82 Å². The van der Waals surface area contributed by atoms with E-state index in [4.69, 9.17) is 4.74 Å². The molecule has 0 atom stereocenters. The maximum Gasteiger partial charge on any atom is 0.129 e. The van der Waals surface area contributed by atoms with Crippen molar-refractivity contribution in [2.75, 3.05) is 19.1 Å². The SMILES string of the molecule is COc1cc2c(cc1C=Nc1ccc(F)cc1)C(C)=CC(C)(C)N2C. The number of allylic oxidation sites excluding steroid dienone is 1. The second-order valence-corrected chi connectivity index (χ2v) is 6.89. The van der Waals surface area contributed by atoms with Crippen LogP contribution in [0.4, 0.5) is 15.8 Å². The van der Waals surface area contributed by atoms with Crippen molar-refractivity contribution in [3.8, 4) is 5.75 Å². The number of hydrogen-bond donors (Lipinski definition) is 0. The number of nitrogens with zero attached hydrogens (tertiary/aromatic N) is 2. The van der Waals surface area contributed by atoms with E-state index in [1.165, 1.54) is 23.3 Å². The maximum atomic E-state index is 13.0. The van der Waals surface area contributed by atoms with E-state index in [2.05, 4.69) is 55.9 Å². The van der Waals surface area contributed by atoms with Crippen LogP contribution in [0.5, 0.6) is 5.75 Å². The highest BCUT2D eigenvalue weighted by Crippen LogP contribution is 2.40. The molecule has 1 aliphatic heterocycles. The molecule has 25 heavy (non-hydrogen) atoms. The zero-order valence-corrected chi connectivity index (χ0v) is 15.3. The van der Waals surface area contributed by atoms with Crippen LogP contribution < -0.4 is 9.64 Å². The predicted molar refractivity (Wildman–Crippen MR) is 103 cm³/mol. The molecule has 3 nitrogen and oxygen atoms in total. The fraction of sp³-hybridized carbons (Fsp3) is 0.286. The number of benzene rings is 2. The number of anilines is 1. The van der Waals surface area contributed by atoms with Crippen molar-refractivity contribution in [2.24, 2.45) is 4.99 Å². The van der Waals surface area contributed by atoms with Gasteiger partial charge in [-0.05, 0) is 56.7 Å². The zero-order valence-electron chi connectivity index (χ0n) is 15.3. The van der Waals surface area contributed by atoms with Crippen molar-refractivity contribution < 1.29 is 9.13 Å². The van der Waals surface area contributed by atoms with Crippen LogP contribution in [-0.2, 0) is 0 Å². The van der Waals surface area contributed by atoms with E-state index in [1.807, 2.05) is 0 Å². The van der Waals surface area contributed by atoms with Gasteiger partial charge in [-0.1, -0.05) is 6.08 Å². The number of aliphatic imine (C=N–C) groups is 1. The van der Waals surface area contributed by atoms with Gasteiger partial charge in [0.2, 0.25) is 0 Å². The van der Waals surface area contributed by atoms with Crippen molar-refractivity contribution in [1.29, 1.82) is 0 Å². The quantitative estimate of drug-likeness (QED) is 0.717. The lowest BCUT2D eigenvalue weighted by atomic mass is 9.88. The summed E-state index contributed by atoms with van der Waals surface area (Å²) in [4.78, 5) is 6.69. The molecular formula is C21H23FN2O. The van der Waals surface area contributed by atoms with Crippen molar-refractivity contribution >= 4 is 23.2 Å². The van der Waals surface area contributed by atoms with Crippen LogP contribution in [0.25, 0.3) is 5.57 Å². The third-order valence-corrected chi connectivity index (χ3v) is 4.75. The Morgan fingerprint density at radius 1 is 1.16 bits per heavy atom. The summed E-state index contributed by atoms with van der Waals surface area (Å²) in [6, 6.07) is 10.3. The van der Waals surface area contributed by atoms with Gasteiger partial charge in [0.25, 0.3) is 0 Å². The van der Waals surface area contributed by atoms with Crippen LogP contribution in [0.2, 0.25) is 0 Å². The van der Waals surface area contributed by atoms with E-state index in [0.717, 1.165) is 17.0 Å². The van der Waals surface area contributed by atoms with Gasteiger partial charge in [-0.25, -0.2) is 4.39 Å². The largest absolute Gasteiger partial charge is 0.496 e. The van der Waals surface area contributed by atoms with Crippen LogP contribution in [0.1, 0.15) is 31.9 Å². The summed E-state index contributed by atoms with van der Waals surface area (Å²) >= 11 is 0. The molecule has 130 valence electrons. The van der Waals surface area contributed by atoms with Gasteiger partial charge in [0.15, 0.2) is 0 Å². The summed E-state index contributed by atoms with van der Waals surface area (Å²) in [6.45, 7) is 6.51. The van der Waals surface area contributed by atoms with Crippen LogP contribution in [0.3, 0.4) is 0 Å².